The van der Waals surface area contributed by atoms with Crippen LogP contribution in [0.15, 0.2) is 34.8 Å². The second-order valence-corrected chi connectivity index (χ2v) is 5.73. The number of rotatable bonds is 3. The molecule has 0 saturated carbocycles. The first-order valence-electron chi connectivity index (χ1n) is 5.87. The normalized spacial score (nSPS) is 12.3. The van der Waals surface area contributed by atoms with Crippen molar-refractivity contribution in [3.8, 4) is 5.75 Å². The van der Waals surface area contributed by atoms with Gasteiger partial charge >= 0.3 is 0 Å². The zero-order valence-electron chi connectivity index (χ0n) is 10.9. The Morgan fingerprint density at radius 2 is 1.75 bits per heavy atom. The van der Waals surface area contributed by atoms with Gasteiger partial charge in [0.1, 0.15) is 17.4 Å². The lowest BCUT2D eigenvalue weighted by Crippen LogP contribution is -2.02. The minimum Gasteiger partial charge on any atom is -0.496 e. The molecular weight excluding hydrogens is 350 g/mol. The first-order chi connectivity index (χ1) is 9.43. The van der Waals surface area contributed by atoms with Gasteiger partial charge in [-0.2, -0.15) is 0 Å². The quantitative estimate of drug-likeness (QED) is 0.668. The maximum Gasteiger partial charge on any atom is 0.132 e. The summed E-state index contributed by atoms with van der Waals surface area (Å²) in [5.74, 6) is -0.648. The minimum absolute atomic E-state index is 0.153. The number of ether oxygens (including phenoxy) is 1. The predicted octanol–water partition coefficient (Wildman–Crippen LogP) is 5.37. The number of methoxy groups -OCH3 is 1. The fourth-order valence-corrected chi connectivity index (χ4v) is 2.77. The molecule has 0 aromatic heterocycles. The Morgan fingerprint density at radius 3 is 2.25 bits per heavy atom. The lowest BCUT2D eigenvalue weighted by molar-refractivity contribution is 0.411. The number of halogens is 4. The van der Waals surface area contributed by atoms with E-state index in [9.17, 15) is 8.78 Å². The molecule has 0 bridgehead atoms. The molecule has 0 radical (unpaired) electrons. The summed E-state index contributed by atoms with van der Waals surface area (Å²) in [7, 11) is 1.56. The molecule has 0 aliphatic heterocycles. The summed E-state index contributed by atoms with van der Waals surface area (Å²) in [6, 6.07) is 7.59. The third-order valence-corrected chi connectivity index (χ3v) is 3.94. The minimum atomic E-state index is -0.896. The SMILES string of the molecule is COc1ccc(C(Cl)c2c(F)cc(Br)cc2F)cc1C. The Balaban J connectivity index is 2.46. The van der Waals surface area contributed by atoms with Crippen LogP contribution in [0.3, 0.4) is 0 Å². The zero-order chi connectivity index (χ0) is 14.9. The summed E-state index contributed by atoms with van der Waals surface area (Å²) in [6.07, 6.45) is 0. The Morgan fingerprint density at radius 1 is 1.15 bits per heavy atom. The van der Waals surface area contributed by atoms with Crippen LogP contribution < -0.4 is 4.74 Å². The van der Waals surface area contributed by atoms with Gasteiger partial charge in [-0.25, -0.2) is 8.78 Å². The summed E-state index contributed by atoms with van der Waals surface area (Å²) < 4.78 is 33.3. The summed E-state index contributed by atoms with van der Waals surface area (Å²) in [5, 5.41) is -0.896. The molecule has 0 saturated heterocycles. The molecule has 0 N–H and O–H groups in total. The average Bonchev–Trinajstić information content (AvgIpc) is 2.37. The molecule has 106 valence electrons. The molecule has 20 heavy (non-hydrogen) atoms. The fraction of sp³-hybridized carbons (Fsp3) is 0.200. The van der Waals surface area contributed by atoms with Crippen molar-refractivity contribution < 1.29 is 13.5 Å². The van der Waals surface area contributed by atoms with Gasteiger partial charge in [0.25, 0.3) is 0 Å². The fourth-order valence-electron chi connectivity index (χ4n) is 2.02. The van der Waals surface area contributed by atoms with E-state index in [1.54, 1.807) is 25.3 Å². The Hall–Kier alpha value is -1.13. The maximum atomic E-state index is 13.9. The Bertz CT molecular complexity index is 623. The van der Waals surface area contributed by atoms with Crippen LogP contribution in [0.2, 0.25) is 0 Å². The molecule has 2 aromatic rings. The molecule has 2 rings (SSSR count). The van der Waals surface area contributed by atoms with Crippen molar-refractivity contribution in [3.05, 3.63) is 63.1 Å². The predicted molar refractivity (Wildman–Crippen MR) is 79.5 cm³/mol. The molecule has 0 amide bonds. The highest BCUT2D eigenvalue weighted by Gasteiger charge is 2.21. The van der Waals surface area contributed by atoms with Gasteiger partial charge in [-0.3, -0.25) is 0 Å². The van der Waals surface area contributed by atoms with Crippen molar-refractivity contribution in [1.29, 1.82) is 0 Å². The van der Waals surface area contributed by atoms with Crippen molar-refractivity contribution in [2.24, 2.45) is 0 Å². The van der Waals surface area contributed by atoms with Gasteiger partial charge in [0.2, 0.25) is 0 Å². The smallest absolute Gasteiger partial charge is 0.132 e. The van der Waals surface area contributed by atoms with Crippen molar-refractivity contribution in [1.82, 2.24) is 0 Å². The summed E-state index contributed by atoms with van der Waals surface area (Å²) in [6.45, 7) is 1.85. The molecule has 5 heteroatoms. The van der Waals surface area contributed by atoms with Gasteiger partial charge in [-0.1, -0.05) is 28.1 Å². The molecule has 0 fully saturated rings. The first-order valence-corrected chi connectivity index (χ1v) is 7.10. The van der Waals surface area contributed by atoms with Crippen LogP contribution in [0.25, 0.3) is 0 Å². The lowest BCUT2D eigenvalue weighted by Gasteiger charge is -2.14. The van der Waals surface area contributed by atoms with E-state index < -0.39 is 17.0 Å². The third kappa shape index (κ3) is 2.96. The average molecular weight is 362 g/mol. The van der Waals surface area contributed by atoms with E-state index in [-0.39, 0.29) is 5.56 Å². The topological polar surface area (TPSA) is 9.23 Å². The van der Waals surface area contributed by atoms with Crippen molar-refractivity contribution in [3.63, 3.8) is 0 Å². The summed E-state index contributed by atoms with van der Waals surface area (Å²) in [5.41, 5.74) is 1.32. The first kappa shape index (κ1) is 15.3. The Kier molecular flexibility index (Phi) is 4.66. The van der Waals surface area contributed by atoms with Gasteiger partial charge in [0.05, 0.1) is 12.5 Å². The molecule has 1 nitrogen and oxygen atoms in total. The highest BCUT2D eigenvalue weighted by Crippen LogP contribution is 2.35. The van der Waals surface area contributed by atoms with Crippen molar-refractivity contribution >= 4 is 27.5 Å². The molecule has 0 heterocycles. The molecule has 1 atom stereocenters. The van der Waals surface area contributed by atoms with Crippen LogP contribution in [-0.2, 0) is 0 Å². The molecule has 1 unspecified atom stereocenters. The van der Waals surface area contributed by atoms with Crippen molar-refractivity contribution in [2.75, 3.05) is 7.11 Å². The van der Waals surface area contributed by atoms with E-state index in [2.05, 4.69) is 15.9 Å². The monoisotopic (exact) mass is 360 g/mol. The molecule has 0 aliphatic carbocycles. The standard InChI is InChI=1S/C15H12BrClF2O/c1-8-5-9(3-4-13(8)20-2)15(17)14-11(18)6-10(16)7-12(14)19/h3-7,15H,1-2H3. The number of benzene rings is 2. The molecule has 2 aromatic carbocycles. The summed E-state index contributed by atoms with van der Waals surface area (Å²) in [4.78, 5) is 0. The van der Waals surface area contributed by atoms with Crippen molar-refractivity contribution in [2.45, 2.75) is 12.3 Å². The van der Waals surface area contributed by atoms with E-state index in [0.29, 0.717) is 15.8 Å². The number of hydrogen-bond donors (Lipinski definition) is 0. The third-order valence-electron chi connectivity index (χ3n) is 3.01. The van der Waals surface area contributed by atoms with E-state index >= 15 is 0 Å². The molecule has 0 aliphatic rings. The molecular formula is C15H12BrClF2O. The summed E-state index contributed by atoms with van der Waals surface area (Å²) >= 11 is 9.27. The van der Waals surface area contributed by atoms with E-state index in [4.69, 9.17) is 16.3 Å². The van der Waals surface area contributed by atoms with Crippen LogP contribution in [0, 0.1) is 18.6 Å². The van der Waals surface area contributed by atoms with E-state index in [0.717, 1.165) is 5.56 Å². The van der Waals surface area contributed by atoms with Crippen LogP contribution in [0.4, 0.5) is 8.78 Å². The number of aryl methyl sites for hydroxylation is 1. The molecule has 0 spiro atoms. The van der Waals surface area contributed by atoms with Crippen LogP contribution in [-0.4, -0.2) is 7.11 Å². The van der Waals surface area contributed by atoms with Crippen LogP contribution in [0.5, 0.6) is 5.75 Å². The second-order valence-electron chi connectivity index (χ2n) is 4.37. The van der Waals surface area contributed by atoms with Crippen LogP contribution in [0.1, 0.15) is 22.1 Å². The number of alkyl halides is 1. The zero-order valence-corrected chi connectivity index (χ0v) is 13.2. The van der Waals surface area contributed by atoms with Crippen LogP contribution >= 0.6 is 27.5 Å². The van der Waals surface area contributed by atoms with Gasteiger partial charge in [0.15, 0.2) is 0 Å². The Labute approximate surface area is 129 Å². The van der Waals surface area contributed by atoms with Gasteiger partial charge in [-0.05, 0) is 36.2 Å². The van der Waals surface area contributed by atoms with Gasteiger partial charge in [-0.15, -0.1) is 11.6 Å². The maximum absolute atomic E-state index is 13.9. The second kappa shape index (κ2) is 6.10. The highest BCUT2D eigenvalue weighted by molar-refractivity contribution is 9.10. The van der Waals surface area contributed by atoms with E-state index in [1.807, 2.05) is 6.92 Å². The van der Waals surface area contributed by atoms with Gasteiger partial charge in [0, 0.05) is 10.0 Å². The number of hydrogen-bond acceptors (Lipinski definition) is 1. The lowest BCUT2D eigenvalue weighted by atomic mass is 10.0. The highest BCUT2D eigenvalue weighted by atomic mass is 79.9. The van der Waals surface area contributed by atoms with E-state index in [1.165, 1.54) is 12.1 Å². The largest absolute Gasteiger partial charge is 0.496 e. The van der Waals surface area contributed by atoms with Gasteiger partial charge < -0.3 is 4.74 Å².